The standard InChI is InChI=1S/C72H60F2N2/c1-43-17-13-18-44(2)67(43)53-33-39-63(57(41-53)69-47(5)21-15-22-48(69)6)75(65-27-11-9-25-59(65)73)61-37-31-51-30-36-56-62(38-32-52-29-35-55(61)71(51)72(52)56)76(66-28-12-10-26-60(66)74)64-40-34-54(68-45(3)19-14-20-46(68)4)42-58(64)70-49(7)23-16-24-50(70)8/h9-42,61,72H,1-8H3. The zero-order valence-electron chi connectivity index (χ0n) is 44.4. The van der Waals surface area contributed by atoms with Crippen LogP contribution in [0.25, 0.3) is 44.5 Å². The Balaban J connectivity index is 1.05. The quantitative estimate of drug-likeness (QED) is 0.135. The fourth-order valence-corrected chi connectivity index (χ4v) is 12.8. The summed E-state index contributed by atoms with van der Waals surface area (Å²) in [6.45, 7) is 17.4. The van der Waals surface area contributed by atoms with E-state index in [4.69, 9.17) is 0 Å². The molecule has 8 aromatic carbocycles. The summed E-state index contributed by atoms with van der Waals surface area (Å²) < 4.78 is 33.9. The topological polar surface area (TPSA) is 6.48 Å². The smallest absolute Gasteiger partial charge is 0.147 e. The third kappa shape index (κ3) is 8.06. The highest BCUT2D eigenvalue weighted by Crippen LogP contribution is 2.54. The number of nitrogens with zero attached hydrogens (tertiary/aromatic N) is 2. The van der Waals surface area contributed by atoms with Gasteiger partial charge in [-0.15, -0.1) is 0 Å². The van der Waals surface area contributed by atoms with Crippen molar-refractivity contribution in [3.05, 3.63) is 296 Å². The van der Waals surface area contributed by atoms with Gasteiger partial charge in [0.1, 0.15) is 11.6 Å². The summed E-state index contributed by atoms with van der Waals surface area (Å²) in [7, 11) is 0. The van der Waals surface area contributed by atoms with Gasteiger partial charge in [0.2, 0.25) is 0 Å². The average Bonchev–Trinajstić information content (AvgIpc) is 3.42. The van der Waals surface area contributed by atoms with Crippen LogP contribution in [-0.4, -0.2) is 6.04 Å². The highest BCUT2D eigenvalue weighted by Gasteiger charge is 2.41. The van der Waals surface area contributed by atoms with E-state index in [0.29, 0.717) is 11.4 Å². The minimum absolute atomic E-state index is 0.189. The van der Waals surface area contributed by atoms with Crippen molar-refractivity contribution < 1.29 is 8.78 Å². The molecule has 0 radical (unpaired) electrons. The molecule has 0 N–H and O–H groups in total. The van der Waals surface area contributed by atoms with Crippen molar-refractivity contribution in [1.82, 2.24) is 0 Å². The maximum absolute atomic E-state index is 17.0. The van der Waals surface area contributed by atoms with Crippen LogP contribution in [0.3, 0.4) is 0 Å². The maximum atomic E-state index is 17.0. The Kier molecular flexibility index (Phi) is 12.3. The van der Waals surface area contributed by atoms with Crippen LogP contribution in [0.1, 0.15) is 44.5 Å². The molecular formula is C72H60F2N2. The number of para-hydroxylation sites is 2. The van der Waals surface area contributed by atoms with Crippen LogP contribution in [0.15, 0.2) is 240 Å². The van der Waals surface area contributed by atoms with Gasteiger partial charge >= 0.3 is 0 Å². The van der Waals surface area contributed by atoms with Crippen molar-refractivity contribution in [1.29, 1.82) is 0 Å². The fraction of sp³-hybridized carbons (Fsp3) is 0.139. The molecule has 4 heteroatoms. The van der Waals surface area contributed by atoms with Crippen molar-refractivity contribution in [3.63, 3.8) is 0 Å². The van der Waals surface area contributed by atoms with Crippen LogP contribution in [0.5, 0.6) is 0 Å². The number of allylic oxidation sites excluding steroid dienone is 10. The van der Waals surface area contributed by atoms with E-state index in [1.165, 1.54) is 39.0 Å². The summed E-state index contributed by atoms with van der Waals surface area (Å²) in [4.78, 5) is 4.37. The molecule has 0 heterocycles. The molecule has 0 aliphatic heterocycles. The lowest BCUT2D eigenvalue weighted by Crippen LogP contribution is -2.38. The maximum Gasteiger partial charge on any atom is 0.147 e. The Morgan fingerprint density at radius 1 is 0.395 bits per heavy atom. The molecule has 0 fully saturated rings. The fourth-order valence-electron chi connectivity index (χ4n) is 12.8. The van der Waals surface area contributed by atoms with Gasteiger partial charge in [0.15, 0.2) is 0 Å². The molecule has 2 nitrogen and oxygen atoms in total. The van der Waals surface area contributed by atoms with E-state index >= 15 is 8.78 Å². The lowest BCUT2D eigenvalue weighted by atomic mass is 9.67. The minimum Gasteiger partial charge on any atom is -0.327 e. The van der Waals surface area contributed by atoms with E-state index in [1.807, 2.05) is 24.3 Å². The van der Waals surface area contributed by atoms with Crippen molar-refractivity contribution in [2.75, 3.05) is 9.80 Å². The molecule has 2 atom stereocenters. The molecule has 4 aliphatic rings. The predicted octanol–water partition coefficient (Wildman–Crippen LogP) is 19.2. The van der Waals surface area contributed by atoms with E-state index in [-0.39, 0.29) is 17.6 Å². The van der Waals surface area contributed by atoms with Gasteiger partial charge in [0.05, 0.1) is 28.8 Å². The number of hydrogen-bond donors (Lipinski definition) is 0. The van der Waals surface area contributed by atoms with Crippen molar-refractivity contribution >= 4 is 22.7 Å². The van der Waals surface area contributed by atoms with E-state index in [9.17, 15) is 0 Å². The Hall–Kier alpha value is -8.60. The van der Waals surface area contributed by atoms with Gasteiger partial charge in [-0.05, 0) is 216 Å². The molecular weight excluding hydrogens is 931 g/mol. The first-order chi connectivity index (χ1) is 36.9. The second kappa shape index (κ2) is 19.3. The predicted molar refractivity (Wildman–Crippen MR) is 315 cm³/mol. The molecule has 0 aromatic heterocycles. The highest BCUT2D eigenvalue weighted by molar-refractivity contribution is 5.94. The Morgan fingerprint density at radius 3 is 1.39 bits per heavy atom. The second-order valence-electron chi connectivity index (χ2n) is 21.0. The third-order valence-corrected chi connectivity index (χ3v) is 16.2. The Morgan fingerprint density at radius 2 is 0.868 bits per heavy atom. The van der Waals surface area contributed by atoms with Gasteiger partial charge in [-0.3, -0.25) is 0 Å². The van der Waals surface area contributed by atoms with E-state index in [0.717, 1.165) is 95.0 Å². The van der Waals surface area contributed by atoms with Gasteiger partial charge < -0.3 is 9.80 Å². The first-order valence-electron chi connectivity index (χ1n) is 26.5. The molecule has 0 saturated heterocycles. The number of aryl methyl sites for hydroxylation is 8. The molecule has 4 aliphatic carbocycles. The van der Waals surface area contributed by atoms with Crippen molar-refractivity contribution in [3.8, 4) is 44.5 Å². The first-order valence-corrected chi connectivity index (χ1v) is 26.5. The van der Waals surface area contributed by atoms with Crippen LogP contribution >= 0.6 is 0 Å². The molecule has 2 unspecified atom stereocenters. The van der Waals surface area contributed by atoms with Gasteiger partial charge in [-0.1, -0.05) is 152 Å². The van der Waals surface area contributed by atoms with E-state index < -0.39 is 6.04 Å². The number of hydrogen-bond acceptors (Lipinski definition) is 2. The van der Waals surface area contributed by atoms with Gasteiger partial charge in [0, 0.05) is 22.7 Å². The number of rotatable bonds is 10. The average molecular weight is 991 g/mol. The summed E-state index contributed by atoms with van der Waals surface area (Å²) in [6.07, 6.45) is 17.8. The molecule has 0 amide bonds. The molecule has 0 spiro atoms. The number of halogens is 2. The van der Waals surface area contributed by atoms with Crippen LogP contribution in [0, 0.1) is 72.9 Å². The monoisotopic (exact) mass is 990 g/mol. The van der Waals surface area contributed by atoms with Crippen LogP contribution in [-0.2, 0) is 0 Å². The van der Waals surface area contributed by atoms with E-state index in [1.54, 1.807) is 24.3 Å². The Bertz CT molecular complexity index is 3880. The zero-order chi connectivity index (χ0) is 52.5. The summed E-state index contributed by atoms with van der Waals surface area (Å²) >= 11 is 0. The molecule has 76 heavy (non-hydrogen) atoms. The third-order valence-electron chi connectivity index (χ3n) is 16.2. The summed E-state index contributed by atoms with van der Waals surface area (Å²) in [5.41, 5.74) is 27.6. The molecule has 0 saturated carbocycles. The lowest BCUT2D eigenvalue weighted by Gasteiger charge is -2.44. The molecule has 12 rings (SSSR count). The van der Waals surface area contributed by atoms with Crippen LogP contribution in [0.4, 0.5) is 31.5 Å². The molecule has 372 valence electrons. The van der Waals surface area contributed by atoms with Gasteiger partial charge in [-0.2, -0.15) is 0 Å². The highest BCUT2D eigenvalue weighted by atomic mass is 19.1. The van der Waals surface area contributed by atoms with Crippen LogP contribution in [0.2, 0.25) is 0 Å². The SMILES string of the molecule is Cc1cccc(C)c1-c1ccc(N(C2=C3C=CC4=C5C(=CC=C(C=C2)C35)C(N(c2ccccc2F)c2ccc(-c3c(C)cccc3C)cc2-c2c(C)cccc2C)C=C4)c2ccccc2F)c(-c2c(C)cccc2C)c1. The van der Waals surface area contributed by atoms with Gasteiger partial charge in [-0.25, -0.2) is 8.78 Å². The number of anilines is 4. The van der Waals surface area contributed by atoms with Gasteiger partial charge in [0.25, 0.3) is 0 Å². The normalized spacial score (nSPS) is 16.2. The largest absolute Gasteiger partial charge is 0.327 e. The van der Waals surface area contributed by atoms with Crippen LogP contribution < -0.4 is 9.80 Å². The molecule has 0 bridgehead atoms. The zero-order valence-corrected chi connectivity index (χ0v) is 44.4. The minimum atomic E-state index is -0.402. The van der Waals surface area contributed by atoms with Crippen molar-refractivity contribution in [2.24, 2.45) is 5.92 Å². The summed E-state index contributed by atoms with van der Waals surface area (Å²) in [5, 5.41) is 0. The number of benzene rings is 8. The second-order valence-corrected chi connectivity index (χ2v) is 21.0. The van der Waals surface area contributed by atoms with Crippen molar-refractivity contribution in [2.45, 2.75) is 61.4 Å². The van der Waals surface area contributed by atoms with E-state index in [2.05, 4.69) is 223 Å². The Labute approximate surface area is 447 Å². The summed E-state index contributed by atoms with van der Waals surface area (Å²) in [6, 6.07) is 53.2. The lowest BCUT2D eigenvalue weighted by molar-refractivity contribution is 0.622. The first kappa shape index (κ1) is 48.3. The molecule has 8 aromatic rings. The summed E-state index contributed by atoms with van der Waals surface area (Å²) in [5.74, 6) is -0.804.